The molecule has 2 N–H and O–H groups in total. The topological polar surface area (TPSA) is 24.1 Å². The van der Waals surface area contributed by atoms with Gasteiger partial charge in [-0.05, 0) is 55.1 Å². The van der Waals surface area contributed by atoms with E-state index in [4.69, 9.17) is 0 Å². The summed E-state index contributed by atoms with van der Waals surface area (Å²) in [5.74, 6) is 0. The van der Waals surface area contributed by atoms with Crippen LogP contribution in [-0.4, -0.2) is 18.6 Å². The monoisotopic (exact) mass is 224 g/mol. The Labute approximate surface area is 96.1 Å². The van der Waals surface area contributed by atoms with Crippen molar-refractivity contribution in [3.63, 3.8) is 0 Å². The van der Waals surface area contributed by atoms with Gasteiger partial charge in [0.15, 0.2) is 0 Å². The fraction of sp³-hybridized carbons (Fsp3) is 0.667. The van der Waals surface area contributed by atoms with Crippen molar-refractivity contribution in [2.75, 3.05) is 6.54 Å². The van der Waals surface area contributed by atoms with Gasteiger partial charge in [0.25, 0.3) is 0 Å². The number of rotatable bonds is 5. The summed E-state index contributed by atoms with van der Waals surface area (Å²) in [6.07, 6.45) is 3.95. The molecule has 2 atom stereocenters. The quantitative estimate of drug-likeness (QED) is 0.802. The van der Waals surface area contributed by atoms with Gasteiger partial charge in [-0.3, -0.25) is 0 Å². The molecule has 3 heteroatoms. The van der Waals surface area contributed by atoms with E-state index < -0.39 is 0 Å². The zero-order valence-corrected chi connectivity index (χ0v) is 10.1. The maximum absolute atomic E-state index is 3.58. The maximum atomic E-state index is 3.58. The van der Waals surface area contributed by atoms with Crippen LogP contribution in [-0.2, 0) is 6.54 Å². The molecule has 1 aliphatic heterocycles. The van der Waals surface area contributed by atoms with Crippen LogP contribution < -0.4 is 10.6 Å². The molecule has 15 heavy (non-hydrogen) atoms. The molecule has 84 valence electrons. The Bertz CT molecular complexity index is 265. The van der Waals surface area contributed by atoms with E-state index in [1.807, 2.05) is 0 Å². The first kappa shape index (κ1) is 11.1. The van der Waals surface area contributed by atoms with E-state index in [0.717, 1.165) is 12.6 Å². The first-order valence-electron chi connectivity index (χ1n) is 5.82. The maximum Gasteiger partial charge on any atom is 0.0216 e. The van der Waals surface area contributed by atoms with Crippen molar-refractivity contribution >= 4 is 11.3 Å². The summed E-state index contributed by atoms with van der Waals surface area (Å²) in [5.41, 5.74) is 1.41. The summed E-state index contributed by atoms with van der Waals surface area (Å²) >= 11 is 1.77. The van der Waals surface area contributed by atoms with Crippen molar-refractivity contribution in [2.45, 2.75) is 44.8 Å². The fourth-order valence-corrected chi connectivity index (χ4v) is 2.82. The lowest BCUT2D eigenvalue weighted by atomic mass is 10.1. The Kier molecular flexibility index (Phi) is 4.18. The van der Waals surface area contributed by atoms with Crippen LogP contribution in [0.1, 0.15) is 31.7 Å². The summed E-state index contributed by atoms with van der Waals surface area (Å²) in [7, 11) is 0. The molecule has 0 amide bonds. The second-order valence-corrected chi connectivity index (χ2v) is 5.22. The van der Waals surface area contributed by atoms with Crippen LogP contribution in [0.3, 0.4) is 0 Å². The normalized spacial score (nSPS) is 23.1. The molecule has 2 nitrogen and oxygen atoms in total. The van der Waals surface area contributed by atoms with E-state index >= 15 is 0 Å². The van der Waals surface area contributed by atoms with Crippen LogP contribution in [0.25, 0.3) is 0 Å². The van der Waals surface area contributed by atoms with E-state index in [9.17, 15) is 0 Å². The molecule has 0 radical (unpaired) electrons. The van der Waals surface area contributed by atoms with Gasteiger partial charge in [0.2, 0.25) is 0 Å². The molecule has 2 rings (SSSR count). The van der Waals surface area contributed by atoms with Gasteiger partial charge in [-0.25, -0.2) is 0 Å². The van der Waals surface area contributed by atoms with Crippen molar-refractivity contribution in [3.8, 4) is 0 Å². The lowest BCUT2D eigenvalue weighted by Gasteiger charge is -2.17. The van der Waals surface area contributed by atoms with Crippen LogP contribution in [0.5, 0.6) is 0 Å². The zero-order valence-electron chi connectivity index (χ0n) is 9.33. The first-order valence-corrected chi connectivity index (χ1v) is 6.77. The van der Waals surface area contributed by atoms with Gasteiger partial charge >= 0.3 is 0 Å². The highest BCUT2D eigenvalue weighted by atomic mass is 32.1. The molecule has 1 fully saturated rings. The van der Waals surface area contributed by atoms with Crippen LogP contribution in [0, 0.1) is 0 Å². The molecule has 1 aromatic heterocycles. The Morgan fingerprint density at radius 3 is 3.27 bits per heavy atom. The average molecular weight is 224 g/mol. The highest BCUT2D eigenvalue weighted by Gasteiger charge is 2.16. The molecule has 0 saturated carbocycles. The highest BCUT2D eigenvalue weighted by Crippen LogP contribution is 2.11. The smallest absolute Gasteiger partial charge is 0.0216 e. The van der Waals surface area contributed by atoms with Crippen molar-refractivity contribution in [1.29, 1.82) is 0 Å². The Morgan fingerprint density at radius 1 is 1.67 bits per heavy atom. The molecule has 0 aromatic carbocycles. The fourth-order valence-electron chi connectivity index (χ4n) is 2.15. The minimum Gasteiger partial charge on any atom is -0.314 e. The summed E-state index contributed by atoms with van der Waals surface area (Å²) in [4.78, 5) is 0. The zero-order chi connectivity index (χ0) is 10.5. The summed E-state index contributed by atoms with van der Waals surface area (Å²) < 4.78 is 0. The minimum absolute atomic E-state index is 0.612. The van der Waals surface area contributed by atoms with Crippen molar-refractivity contribution in [2.24, 2.45) is 0 Å². The van der Waals surface area contributed by atoms with Crippen molar-refractivity contribution in [1.82, 2.24) is 10.6 Å². The van der Waals surface area contributed by atoms with Crippen LogP contribution in [0.4, 0.5) is 0 Å². The van der Waals surface area contributed by atoms with Gasteiger partial charge in [-0.2, -0.15) is 11.3 Å². The highest BCUT2D eigenvalue weighted by molar-refractivity contribution is 7.07. The molecule has 1 aliphatic rings. The molecule has 0 bridgehead atoms. The minimum atomic E-state index is 0.612. The van der Waals surface area contributed by atoms with Crippen LogP contribution in [0.2, 0.25) is 0 Å². The third kappa shape index (κ3) is 3.59. The Balaban J connectivity index is 1.66. The molecule has 2 unspecified atom stereocenters. The number of thiophene rings is 1. The van der Waals surface area contributed by atoms with E-state index in [0.29, 0.717) is 6.04 Å². The van der Waals surface area contributed by atoms with Gasteiger partial charge in [-0.1, -0.05) is 0 Å². The molecule has 0 spiro atoms. The number of hydrogen-bond donors (Lipinski definition) is 2. The summed E-state index contributed by atoms with van der Waals surface area (Å²) in [5, 5.41) is 11.5. The Morgan fingerprint density at radius 2 is 2.60 bits per heavy atom. The first-order chi connectivity index (χ1) is 7.34. The van der Waals surface area contributed by atoms with E-state index in [1.54, 1.807) is 11.3 Å². The van der Waals surface area contributed by atoms with Gasteiger partial charge < -0.3 is 10.6 Å². The van der Waals surface area contributed by atoms with Gasteiger partial charge in [0.1, 0.15) is 0 Å². The molecule has 1 aromatic rings. The summed E-state index contributed by atoms with van der Waals surface area (Å²) in [6.45, 7) is 4.51. The van der Waals surface area contributed by atoms with Gasteiger partial charge in [-0.15, -0.1) is 0 Å². The predicted octanol–water partition coefficient (Wildman–Crippen LogP) is 2.37. The molecule has 2 heterocycles. The lowest BCUT2D eigenvalue weighted by Crippen LogP contribution is -2.33. The van der Waals surface area contributed by atoms with E-state index in [2.05, 4.69) is 34.4 Å². The lowest BCUT2D eigenvalue weighted by molar-refractivity contribution is 0.440. The SMILES string of the molecule is CC(CC1CCCN1)NCc1ccsc1. The Hall–Kier alpha value is -0.380. The van der Waals surface area contributed by atoms with E-state index in [1.165, 1.54) is 31.4 Å². The van der Waals surface area contributed by atoms with Crippen LogP contribution in [0.15, 0.2) is 16.8 Å². The second kappa shape index (κ2) is 5.64. The van der Waals surface area contributed by atoms with Crippen LogP contribution >= 0.6 is 11.3 Å². The van der Waals surface area contributed by atoms with Gasteiger partial charge in [0.05, 0.1) is 0 Å². The van der Waals surface area contributed by atoms with Gasteiger partial charge in [0, 0.05) is 18.6 Å². The molecular weight excluding hydrogens is 204 g/mol. The standard InChI is InChI=1S/C12H20N2S/c1-10(7-12-3-2-5-13-12)14-8-11-4-6-15-9-11/h4,6,9-10,12-14H,2-3,5,7-8H2,1H3. The average Bonchev–Trinajstić information content (AvgIpc) is 2.86. The third-order valence-corrected chi connectivity index (χ3v) is 3.77. The number of nitrogens with one attached hydrogen (secondary N) is 2. The van der Waals surface area contributed by atoms with Crippen molar-refractivity contribution in [3.05, 3.63) is 22.4 Å². The second-order valence-electron chi connectivity index (χ2n) is 4.44. The summed E-state index contributed by atoms with van der Waals surface area (Å²) in [6, 6.07) is 3.55. The predicted molar refractivity (Wildman–Crippen MR) is 66.3 cm³/mol. The molecule has 0 aliphatic carbocycles. The number of hydrogen-bond acceptors (Lipinski definition) is 3. The third-order valence-electron chi connectivity index (χ3n) is 3.04. The van der Waals surface area contributed by atoms with E-state index in [-0.39, 0.29) is 0 Å². The van der Waals surface area contributed by atoms with Crippen molar-refractivity contribution < 1.29 is 0 Å². The molecule has 1 saturated heterocycles. The largest absolute Gasteiger partial charge is 0.314 e. The molecular formula is C12H20N2S.